The van der Waals surface area contributed by atoms with Crippen molar-refractivity contribution in [3.63, 3.8) is 0 Å². The van der Waals surface area contributed by atoms with Crippen molar-refractivity contribution in [1.29, 1.82) is 0 Å². The van der Waals surface area contributed by atoms with Crippen molar-refractivity contribution >= 4 is 18.0 Å². The maximum Gasteiger partial charge on any atom is 0.251 e. The second kappa shape index (κ2) is 14.2. The fourth-order valence-electron chi connectivity index (χ4n) is 3.98. The minimum atomic E-state index is -0.510. The van der Waals surface area contributed by atoms with Gasteiger partial charge < -0.3 is 19.5 Å². The second-order valence-electron chi connectivity index (χ2n) is 8.84. The van der Waals surface area contributed by atoms with Gasteiger partial charge in [0.2, 0.25) is 5.91 Å². The third-order valence-corrected chi connectivity index (χ3v) is 6.10. The molecule has 40 heavy (non-hydrogen) atoms. The molecule has 8 nitrogen and oxygen atoms in total. The standard InChI is InChI=1S/C32H31N3O5/c1-38-28-17-18-30(39-2)26(19-28)22-40-27-15-13-23(14-16-27)21-33-35-31(36)20-29(24-9-5-3-6-10-24)34-32(37)25-11-7-4-8-12-25/h3-19,21,29H,20,22H2,1-2H3,(H,34,37)(H,35,36)/b33-21-/t29-/m1/s1. The molecule has 0 saturated carbocycles. The number of ether oxygens (including phenoxy) is 3. The van der Waals surface area contributed by atoms with Crippen molar-refractivity contribution in [2.45, 2.75) is 19.1 Å². The molecule has 0 aliphatic heterocycles. The predicted molar refractivity (Wildman–Crippen MR) is 154 cm³/mol. The molecular formula is C32H31N3O5. The van der Waals surface area contributed by atoms with Gasteiger partial charge in [0, 0.05) is 11.1 Å². The zero-order valence-corrected chi connectivity index (χ0v) is 22.4. The predicted octanol–water partition coefficient (Wildman–Crippen LogP) is 5.29. The number of benzene rings is 4. The summed E-state index contributed by atoms with van der Waals surface area (Å²) in [7, 11) is 3.22. The highest BCUT2D eigenvalue weighted by Gasteiger charge is 2.19. The Morgan fingerprint density at radius 2 is 1.50 bits per heavy atom. The molecule has 0 unspecified atom stereocenters. The van der Waals surface area contributed by atoms with Crippen molar-refractivity contribution in [1.82, 2.24) is 10.7 Å². The van der Waals surface area contributed by atoms with E-state index in [1.165, 1.54) is 0 Å². The van der Waals surface area contributed by atoms with Crippen LogP contribution >= 0.6 is 0 Å². The summed E-state index contributed by atoms with van der Waals surface area (Å²) in [4.78, 5) is 25.4. The van der Waals surface area contributed by atoms with Crippen LogP contribution in [0.5, 0.6) is 17.2 Å². The number of carbonyl (C=O) groups is 2. The van der Waals surface area contributed by atoms with Gasteiger partial charge in [0.15, 0.2) is 0 Å². The van der Waals surface area contributed by atoms with E-state index in [4.69, 9.17) is 14.2 Å². The first-order valence-electron chi connectivity index (χ1n) is 12.7. The van der Waals surface area contributed by atoms with Crippen LogP contribution in [0.3, 0.4) is 0 Å². The Kier molecular flexibility index (Phi) is 9.88. The Balaban J connectivity index is 1.32. The first-order chi connectivity index (χ1) is 19.6. The number of rotatable bonds is 12. The van der Waals surface area contributed by atoms with Gasteiger partial charge in [0.05, 0.1) is 32.9 Å². The minimum Gasteiger partial charge on any atom is -0.497 e. The average Bonchev–Trinajstić information content (AvgIpc) is 3.01. The lowest BCUT2D eigenvalue weighted by Crippen LogP contribution is -2.32. The fraction of sp³-hybridized carbons (Fsp3) is 0.156. The Labute approximate surface area is 233 Å². The molecule has 0 fully saturated rings. The smallest absolute Gasteiger partial charge is 0.251 e. The van der Waals surface area contributed by atoms with Crippen molar-refractivity contribution in [2.75, 3.05) is 14.2 Å². The van der Waals surface area contributed by atoms with E-state index in [2.05, 4.69) is 15.8 Å². The highest BCUT2D eigenvalue weighted by molar-refractivity contribution is 5.94. The Hall–Kier alpha value is -5.11. The van der Waals surface area contributed by atoms with Crippen LogP contribution in [0.15, 0.2) is 108 Å². The van der Waals surface area contributed by atoms with Gasteiger partial charge in [-0.15, -0.1) is 0 Å². The third-order valence-electron chi connectivity index (χ3n) is 6.10. The number of hydrazone groups is 1. The van der Waals surface area contributed by atoms with E-state index in [1.54, 1.807) is 44.7 Å². The van der Waals surface area contributed by atoms with Crippen LogP contribution in [0, 0.1) is 0 Å². The number of nitrogens with one attached hydrogen (secondary N) is 2. The molecule has 4 aromatic carbocycles. The molecule has 8 heteroatoms. The van der Waals surface area contributed by atoms with Crippen LogP contribution in [0.1, 0.15) is 39.5 Å². The summed E-state index contributed by atoms with van der Waals surface area (Å²) in [5.41, 5.74) is 5.55. The van der Waals surface area contributed by atoms with E-state index in [1.807, 2.05) is 78.9 Å². The van der Waals surface area contributed by atoms with Gasteiger partial charge in [-0.2, -0.15) is 5.10 Å². The zero-order valence-electron chi connectivity index (χ0n) is 22.4. The third kappa shape index (κ3) is 7.94. The van der Waals surface area contributed by atoms with Gasteiger partial charge >= 0.3 is 0 Å². The summed E-state index contributed by atoms with van der Waals surface area (Å²) in [6.45, 7) is 0.313. The van der Waals surface area contributed by atoms with Crippen LogP contribution in [0.4, 0.5) is 0 Å². The molecule has 2 N–H and O–H groups in total. The molecule has 0 saturated heterocycles. The summed E-state index contributed by atoms with van der Waals surface area (Å²) in [6, 6.07) is 30.6. The second-order valence-corrected chi connectivity index (χ2v) is 8.84. The molecule has 4 rings (SSSR count). The molecule has 0 radical (unpaired) electrons. The number of hydrogen-bond donors (Lipinski definition) is 2. The Bertz CT molecular complexity index is 1420. The SMILES string of the molecule is COc1ccc(OC)c(COc2ccc(/C=N\NC(=O)C[C@@H](NC(=O)c3ccccc3)c3ccccc3)cc2)c1. The van der Waals surface area contributed by atoms with E-state index in [-0.39, 0.29) is 18.2 Å². The van der Waals surface area contributed by atoms with Crippen LogP contribution < -0.4 is 25.0 Å². The lowest BCUT2D eigenvalue weighted by Gasteiger charge is -2.18. The first kappa shape index (κ1) is 27.9. The molecule has 204 valence electrons. The van der Waals surface area contributed by atoms with Crippen molar-refractivity contribution in [2.24, 2.45) is 5.10 Å². The van der Waals surface area contributed by atoms with Gasteiger partial charge in [-0.05, 0) is 65.7 Å². The molecule has 0 heterocycles. The fourth-order valence-corrected chi connectivity index (χ4v) is 3.98. The lowest BCUT2D eigenvalue weighted by atomic mass is 10.0. The van der Waals surface area contributed by atoms with Crippen LogP contribution in [0.25, 0.3) is 0 Å². The summed E-state index contributed by atoms with van der Waals surface area (Å²) >= 11 is 0. The molecule has 0 aromatic heterocycles. The van der Waals surface area contributed by atoms with E-state index >= 15 is 0 Å². The van der Waals surface area contributed by atoms with Gasteiger partial charge in [-0.1, -0.05) is 48.5 Å². The summed E-state index contributed by atoms with van der Waals surface area (Å²) in [5, 5.41) is 7.03. The molecule has 2 amide bonds. The molecule has 0 aliphatic carbocycles. The monoisotopic (exact) mass is 537 g/mol. The van der Waals surface area contributed by atoms with E-state index in [0.717, 1.165) is 28.2 Å². The van der Waals surface area contributed by atoms with E-state index < -0.39 is 6.04 Å². The van der Waals surface area contributed by atoms with E-state index in [9.17, 15) is 9.59 Å². The highest BCUT2D eigenvalue weighted by Crippen LogP contribution is 2.25. The number of methoxy groups -OCH3 is 2. The normalized spacial score (nSPS) is 11.4. The molecule has 1 atom stereocenters. The topological polar surface area (TPSA) is 98.2 Å². The highest BCUT2D eigenvalue weighted by atomic mass is 16.5. The first-order valence-corrected chi connectivity index (χ1v) is 12.7. The number of amides is 2. The molecule has 0 spiro atoms. The molecule has 4 aromatic rings. The molecule has 0 aliphatic rings. The van der Waals surface area contributed by atoms with Crippen molar-refractivity contribution < 1.29 is 23.8 Å². The van der Waals surface area contributed by atoms with Gasteiger partial charge in [0.25, 0.3) is 5.91 Å². The molecular weight excluding hydrogens is 506 g/mol. The van der Waals surface area contributed by atoms with E-state index in [0.29, 0.717) is 17.9 Å². The summed E-state index contributed by atoms with van der Waals surface area (Å²) in [5.74, 6) is 1.53. The quantitative estimate of drug-likeness (QED) is 0.189. The Morgan fingerprint density at radius 3 is 2.17 bits per heavy atom. The number of hydrogen-bond acceptors (Lipinski definition) is 6. The number of carbonyl (C=O) groups excluding carboxylic acids is 2. The van der Waals surface area contributed by atoms with Gasteiger partial charge in [0.1, 0.15) is 23.9 Å². The van der Waals surface area contributed by atoms with Gasteiger partial charge in [-0.3, -0.25) is 9.59 Å². The van der Waals surface area contributed by atoms with Gasteiger partial charge in [-0.25, -0.2) is 5.43 Å². The largest absolute Gasteiger partial charge is 0.497 e. The molecule has 0 bridgehead atoms. The maximum atomic E-state index is 12.7. The summed E-state index contributed by atoms with van der Waals surface area (Å²) in [6.07, 6.45) is 1.58. The minimum absolute atomic E-state index is 0.0282. The van der Waals surface area contributed by atoms with Crippen molar-refractivity contribution in [3.8, 4) is 17.2 Å². The average molecular weight is 538 g/mol. The van der Waals surface area contributed by atoms with Crippen LogP contribution in [-0.2, 0) is 11.4 Å². The Morgan fingerprint density at radius 1 is 0.825 bits per heavy atom. The summed E-state index contributed by atoms with van der Waals surface area (Å²) < 4.78 is 16.6. The maximum absolute atomic E-state index is 12.7. The zero-order chi connectivity index (χ0) is 28.2. The van der Waals surface area contributed by atoms with Crippen LogP contribution in [0.2, 0.25) is 0 Å². The van der Waals surface area contributed by atoms with Crippen molar-refractivity contribution in [3.05, 3.63) is 125 Å². The number of nitrogens with zero attached hydrogens (tertiary/aromatic N) is 1. The van der Waals surface area contributed by atoms with Crippen LogP contribution in [-0.4, -0.2) is 32.2 Å². The lowest BCUT2D eigenvalue weighted by molar-refractivity contribution is -0.121.